The minimum atomic E-state index is -3.76. The predicted octanol–water partition coefficient (Wildman–Crippen LogP) is 2.54. The van der Waals surface area contributed by atoms with Crippen LogP contribution in [0, 0.1) is 0 Å². The SMILES string of the molecule is CCCNCCNC(=O)C(C)(C)S(=O)(=O)c1ccc(Br)cc1.Cl. The summed E-state index contributed by atoms with van der Waals surface area (Å²) in [4.78, 5) is 12.4. The van der Waals surface area contributed by atoms with E-state index >= 15 is 0 Å². The lowest BCUT2D eigenvalue weighted by atomic mass is 10.2. The Morgan fingerprint density at radius 2 is 1.70 bits per heavy atom. The van der Waals surface area contributed by atoms with Gasteiger partial charge in [-0.1, -0.05) is 22.9 Å². The van der Waals surface area contributed by atoms with Crippen molar-refractivity contribution in [3.05, 3.63) is 28.7 Å². The molecule has 0 aliphatic rings. The number of carbonyl (C=O) groups is 1. The maximum atomic E-state index is 12.7. The number of nitrogens with one attached hydrogen (secondary N) is 2. The molecule has 0 spiro atoms. The van der Waals surface area contributed by atoms with Gasteiger partial charge in [-0.15, -0.1) is 12.4 Å². The van der Waals surface area contributed by atoms with Crippen molar-refractivity contribution >= 4 is 44.1 Å². The third-order valence-corrected chi connectivity index (χ3v) is 6.31. The monoisotopic (exact) mass is 426 g/mol. The van der Waals surface area contributed by atoms with E-state index in [0.717, 1.165) is 17.4 Å². The summed E-state index contributed by atoms with van der Waals surface area (Å²) in [7, 11) is -3.76. The van der Waals surface area contributed by atoms with E-state index in [4.69, 9.17) is 0 Å². The molecule has 1 rings (SSSR count). The van der Waals surface area contributed by atoms with Gasteiger partial charge in [0.2, 0.25) is 5.91 Å². The van der Waals surface area contributed by atoms with Crippen molar-refractivity contribution in [3.8, 4) is 0 Å². The third kappa shape index (κ3) is 5.74. The fourth-order valence-electron chi connectivity index (χ4n) is 1.81. The molecule has 1 aromatic carbocycles. The number of sulfone groups is 1. The molecule has 0 radical (unpaired) electrons. The molecule has 2 N–H and O–H groups in total. The lowest BCUT2D eigenvalue weighted by molar-refractivity contribution is -0.122. The molecule has 1 aromatic rings. The second kappa shape index (κ2) is 9.61. The molecule has 23 heavy (non-hydrogen) atoms. The topological polar surface area (TPSA) is 75.3 Å². The zero-order chi connectivity index (χ0) is 16.8. The van der Waals surface area contributed by atoms with Gasteiger partial charge in [-0.3, -0.25) is 4.79 Å². The van der Waals surface area contributed by atoms with Crippen molar-refractivity contribution in [1.82, 2.24) is 10.6 Å². The van der Waals surface area contributed by atoms with Gasteiger partial charge in [-0.25, -0.2) is 8.42 Å². The van der Waals surface area contributed by atoms with Gasteiger partial charge < -0.3 is 10.6 Å². The number of hydrogen-bond donors (Lipinski definition) is 2. The maximum Gasteiger partial charge on any atom is 0.241 e. The number of rotatable bonds is 8. The van der Waals surface area contributed by atoms with Crippen LogP contribution in [0.4, 0.5) is 0 Å². The van der Waals surface area contributed by atoms with Crippen molar-refractivity contribution in [3.63, 3.8) is 0 Å². The number of amides is 1. The standard InChI is InChI=1S/C15H23BrN2O3S.ClH/c1-4-9-17-10-11-18-14(19)15(2,3)22(20,21)13-7-5-12(16)6-8-13;/h5-8,17H,4,9-11H2,1-3H3,(H,18,19);1H. The molecule has 0 aliphatic heterocycles. The van der Waals surface area contributed by atoms with E-state index in [1.807, 2.05) is 0 Å². The van der Waals surface area contributed by atoms with Crippen LogP contribution in [-0.4, -0.2) is 38.7 Å². The number of benzene rings is 1. The Morgan fingerprint density at radius 3 is 2.22 bits per heavy atom. The molecule has 0 heterocycles. The Labute approximate surface area is 153 Å². The molecule has 0 atom stereocenters. The third-order valence-electron chi connectivity index (χ3n) is 3.36. The van der Waals surface area contributed by atoms with Crippen LogP contribution in [0.1, 0.15) is 27.2 Å². The first-order valence-corrected chi connectivity index (χ1v) is 9.50. The quantitative estimate of drug-likeness (QED) is 0.625. The highest BCUT2D eigenvalue weighted by Crippen LogP contribution is 2.26. The summed E-state index contributed by atoms with van der Waals surface area (Å²) in [6.07, 6.45) is 1.01. The van der Waals surface area contributed by atoms with Gasteiger partial charge in [-0.2, -0.15) is 0 Å². The van der Waals surface area contributed by atoms with Crippen LogP contribution >= 0.6 is 28.3 Å². The minimum Gasteiger partial charge on any atom is -0.353 e. The summed E-state index contributed by atoms with van der Waals surface area (Å²) in [6.45, 7) is 6.81. The van der Waals surface area contributed by atoms with Gasteiger partial charge in [0.05, 0.1) is 4.90 Å². The van der Waals surface area contributed by atoms with E-state index < -0.39 is 20.5 Å². The van der Waals surface area contributed by atoms with Gasteiger partial charge in [0, 0.05) is 17.6 Å². The van der Waals surface area contributed by atoms with Crippen LogP contribution in [0.15, 0.2) is 33.6 Å². The molecule has 8 heteroatoms. The van der Waals surface area contributed by atoms with Crippen LogP contribution in [0.5, 0.6) is 0 Å². The van der Waals surface area contributed by atoms with E-state index in [0.29, 0.717) is 13.1 Å². The van der Waals surface area contributed by atoms with Gasteiger partial charge in [0.25, 0.3) is 0 Å². The molecule has 0 bridgehead atoms. The predicted molar refractivity (Wildman–Crippen MR) is 98.8 cm³/mol. The maximum absolute atomic E-state index is 12.7. The highest BCUT2D eigenvalue weighted by atomic mass is 79.9. The fourth-order valence-corrected chi connectivity index (χ4v) is 3.47. The van der Waals surface area contributed by atoms with Gasteiger partial charge in [0.15, 0.2) is 9.84 Å². The smallest absolute Gasteiger partial charge is 0.241 e. The molecule has 0 saturated carbocycles. The zero-order valence-electron chi connectivity index (χ0n) is 13.6. The normalized spacial score (nSPS) is 11.7. The highest BCUT2D eigenvalue weighted by Gasteiger charge is 2.42. The second-order valence-electron chi connectivity index (χ2n) is 5.47. The minimum absolute atomic E-state index is 0. The van der Waals surface area contributed by atoms with Gasteiger partial charge >= 0.3 is 0 Å². The fraction of sp³-hybridized carbons (Fsp3) is 0.533. The molecular formula is C15H24BrClN2O3S. The summed E-state index contributed by atoms with van der Waals surface area (Å²) in [5, 5.41) is 5.83. The van der Waals surface area contributed by atoms with Crippen LogP contribution in [-0.2, 0) is 14.6 Å². The first kappa shape index (κ1) is 22.4. The molecule has 5 nitrogen and oxygen atoms in total. The molecular weight excluding hydrogens is 404 g/mol. The van der Waals surface area contributed by atoms with Crippen molar-refractivity contribution in [2.24, 2.45) is 0 Å². The average Bonchev–Trinajstić information content (AvgIpc) is 2.47. The number of hydrogen-bond acceptors (Lipinski definition) is 4. The first-order chi connectivity index (χ1) is 10.2. The van der Waals surface area contributed by atoms with E-state index in [9.17, 15) is 13.2 Å². The molecule has 132 valence electrons. The average molecular weight is 428 g/mol. The summed E-state index contributed by atoms with van der Waals surface area (Å²) in [6, 6.07) is 6.29. The molecule has 1 amide bonds. The van der Waals surface area contributed by atoms with E-state index in [2.05, 4.69) is 33.5 Å². The van der Waals surface area contributed by atoms with Crippen molar-refractivity contribution in [2.45, 2.75) is 36.8 Å². The van der Waals surface area contributed by atoms with Crippen LogP contribution in [0.25, 0.3) is 0 Å². The van der Waals surface area contributed by atoms with E-state index in [-0.39, 0.29) is 17.3 Å². The molecule has 0 fully saturated rings. The Balaban J connectivity index is 0.00000484. The van der Waals surface area contributed by atoms with Crippen molar-refractivity contribution in [2.75, 3.05) is 19.6 Å². The lowest BCUT2D eigenvalue weighted by Crippen LogP contribution is -2.49. The number of carbonyl (C=O) groups excluding carboxylic acids is 1. The Kier molecular flexibility index (Phi) is 9.35. The van der Waals surface area contributed by atoms with Gasteiger partial charge in [0.1, 0.15) is 4.75 Å². The van der Waals surface area contributed by atoms with E-state index in [1.165, 1.54) is 26.0 Å². The Hall–Kier alpha value is -0.630. The highest BCUT2D eigenvalue weighted by molar-refractivity contribution is 9.10. The van der Waals surface area contributed by atoms with Crippen molar-refractivity contribution in [1.29, 1.82) is 0 Å². The molecule has 0 unspecified atom stereocenters. The van der Waals surface area contributed by atoms with Crippen LogP contribution in [0.3, 0.4) is 0 Å². The molecule has 0 aromatic heterocycles. The summed E-state index contributed by atoms with van der Waals surface area (Å²) >= 11 is 3.27. The van der Waals surface area contributed by atoms with Crippen molar-refractivity contribution < 1.29 is 13.2 Å². The summed E-state index contributed by atoms with van der Waals surface area (Å²) < 4.78 is 24.6. The molecule has 0 saturated heterocycles. The van der Waals surface area contributed by atoms with Crippen LogP contribution in [0.2, 0.25) is 0 Å². The molecule has 0 aliphatic carbocycles. The van der Waals surface area contributed by atoms with E-state index in [1.54, 1.807) is 12.1 Å². The Morgan fingerprint density at radius 1 is 1.13 bits per heavy atom. The first-order valence-electron chi connectivity index (χ1n) is 7.22. The summed E-state index contributed by atoms with van der Waals surface area (Å²) in [5.41, 5.74) is 0. The number of halogens is 2. The zero-order valence-corrected chi connectivity index (χ0v) is 16.8. The van der Waals surface area contributed by atoms with Crippen LogP contribution < -0.4 is 10.6 Å². The Bertz CT molecular complexity index is 604. The largest absolute Gasteiger partial charge is 0.353 e. The second-order valence-corrected chi connectivity index (χ2v) is 8.89. The summed E-state index contributed by atoms with van der Waals surface area (Å²) in [5.74, 6) is -0.492. The van der Waals surface area contributed by atoms with Gasteiger partial charge in [-0.05, 0) is 51.1 Å². The lowest BCUT2D eigenvalue weighted by Gasteiger charge is -2.24.